The van der Waals surface area contributed by atoms with E-state index in [0.717, 1.165) is 23.5 Å². The number of para-hydroxylation sites is 1. The maximum absolute atomic E-state index is 9.79. The lowest BCUT2D eigenvalue weighted by Crippen LogP contribution is -2.07. The fourth-order valence-corrected chi connectivity index (χ4v) is 2.68. The second kappa shape index (κ2) is 11.0. The number of rotatable bonds is 9. The van der Waals surface area contributed by atoms with E-state index in [0.29, 0.717) is 12.4 Å². The number of halogens is 1. The van der Waals surface area contributed by atoms with Crippen LogP contribution in [-0.4, -0.2) is 35.8 Å². The van der Waals surface area contributed by atoms with Gasteiger partial charge < -0.3 is 24.6 Å². The Morgan fingerprint density at radius 2 is 1.72 bits per heavy atom. The zero-order valence-corrected chi connectivity index (χ0v) is 17.1. The van der Waals surface area contributed by atoms with Crippen molar-refractivity contribution in [1.29, 1.82) is 0 Å². The van der Waals surface area contributed by atoms with Crippen LogP contribution < -0.4 is 19.5 Å². The molecule has 0 amide bonds. The van der Waals surface area contributed by atoms with Gasteiger partial charge in [-0.15, -0.1) is 12.4 Å². The normalized spacial score (nSPS) is 10.0. The van der Waals surface area contributed by atoms with E-state index in [2.05, 4.69) is 15.3 Å². The summed E-state index contributed by atoms with van der Waals surface area (Å²) in [6.07, 6.45) is 0.798. The highest BCUT2D eigenvalue weighted by atomic mass is 35.5. The molecular weight excluding hydrogens is 394 g/mol. The van der Waals surface area contributed by atoms with Crippen LogP contribution in [-0.2, 0) is 13.0 Å². The Bertz CT molecular complexity index is 907. The summed E-state index contributed by atoms with van der Waals surface area (Å²) < 4.78 is 16.2. The molecule has 0 saturated carbocycles. The summed E-state index contributed by atoms with van der Waals surface area (Å²) in [7, 11) is 3.26. The van der Waals surface area contributed by atoms with E-state index in [1.54, 1.807) is 20.3 Å². The van der Waals surface area contributed by atoms with Crippen molar-refractivity contribution in [3.8, 4) is 23.4 Å². The Balaban J connectivity index is 0.00000300. The van der Waals surface area contributed by atoms with Crippen LogP contribution in [0.5, 0.6) is 23.4 Å². The van der Waals surface area contributed by atoms with Crippen LogP contribution in [0.25, 0.3) is 0 Å². The van der Waals surface area contributed by atoms with Crippen LogP contribution in [0.1, 0.15) is 11.1 Å². The number of nitrogens with one attached hydrogen (secondary N) is 1. The molecule has 0 fully saturated rings. The Kier molecular flexibility index (Phi) is 8.36. The first-order chi connectivity index (χ1) is 13.7. The summed E-state index contributed by atoms with van der Waals surface area (Å²) in [5.74, 6) is 2.34. The quantitative estimate of drug-likeness (QED) is 0.546. The fourth-order valence-electron chi connectivity index (χ4n) is 2.68. The molecule has 2 aromatic carbocycles. The molecule has 8 heteroatoms. The first kappa shape index (κ1) is 22.1. The average Bonchev–Trinajstić information content (AvgIpc) is 2.72. The van der Waals surface area contributed by atoms with Gasteiger partial charge in [-0.1, -0.05) is 30.3 Å². The minimum absolute atomic E-state index is 0. The predicted octanol–water partition coefficient (Wildman–Crippen LogP) is 3.85. The third kappa shape index (κ3) is 6.43. The summed E-state index contributed by atoms with van der Waals surface area (Å²) in [6, 6.07) is 16.8. The van der Waals surface area contributed by atoms with Crippen molar-refractivity contribution >= 4 is 18.2 Å². The maximum Gasteiger partial charge on any atom is 0.319 e. The number of hydrogen-bond acceptors (Lipinski definition) is 7. The summed E-state index contributed by atoms with van der Waals surface area (Å²) in [6.45, 7) is 0.917. The van der Waals surface area contributed by atoms with Crippen LogP contribution in [0.4, 0.5) is 5.82 Å². The van der Waals surface area contributed by atoms with Gasteiger partial charge in [0.1, 0.15) is 23.9 Å². The average molecular weight is 418 g/mol. The third-order valence-corrected chi connectivity index (χ3v) is 4.14. The van der Waals surface area contributed by atoms with Crippen molar-refractivity contribution in [2.75, 3.05) is 26.1 Å². The molecule has 29 heavy (non-hydrogen) atoms. The van der Waals surface area contributed by atoms with Gasteiger partial charge in [-0.25, -0.2) is 0 Å². The van der Waals surface area contributed by atoms with E-state index in [4.69, 9.17) is 14.2 Å². The van der Waals surface area contributed by atoms with Gasteiger partial charge in [0.05, 0.1) is 14.2 Å². The lowest BCUT2D eigenvalue weighted by molar-refractivity contribution is 0.279. The second-order valence-corrected chi connectivity index (χ2v) is 6.02. The molecule has 0 atom stereocenters. The van der Waals surface area contributed by atoms with Crippen LogP contribution in [0.15, 0.2) is 54.6 Å². The SMILES string of the molecule is COc1ccc(CCNc2cc(OCc3ccccc3OC)nc(O)n2)cc1.Cl. The van der Waals surface area contributed by atoms with Crippen molar-refractivity contribution in [2.24, 2.45) is 0 Å². The Morgan fingerprint density at radius 1 is 0.966 bits per heavy atom. The first-order valence-electron chi connectivity index (χ1n) is 8.87. The summed E-state index contributed by atoms with van der Waals surface area (Å²) in [5, 5.41) is 13.0. The van der Waals surface area contributed by atoms with E-state index in [-0.39, 0.29) is 30.9 Å². The van der Waals surface area contributed by atoms with Gasteiger partial charge in [0.2, 0.25) is 5.88 Å². The van der Waals surface area contributed by atoms with E-state index in [1.165, 1.54) is 5.56 Å². The highest BCUT2D eigenvalue weighted by molar-refractivity contribution is 5.85. The van der Waals surface area contributed by atoms with Crippen LogP contribution >= 0.6 is 12.4 Å². The molecule has 0 saturated heterocycles. The lowest BCUT2D eigenvalue weighted by Gasteiger charge is -2.11. The van der Waals surface area contributed by atoms with Gasteiger partial charge in [0.25, 0.3) is 0 Å². The number of ether oxygens (including phenoxy) is 3. The summed E-state index contributed by atoms with van der Waals surface area (Å²) >= 11 is 0. The van der Waals surface area contributed by atoms with Crippen molar-refractivity contribution in [2.45, 2.75) is 13.0 Å². The van der Waals surface area contributed by atoms with Crippen molar-refractivity contribution in [1.82, 2.24) is 9.97 Å². The number of benzene rings is 2. The topological polar surface area (TPSA) is 85.7 Å². The zero-order valence-electron chi connectivity index (χ0n) is 16.3. The Hall–Kier alpha value is -3.19. The minimum atomic E-state index is -0.343. The van der Waals surface area contributed by atoms with Gasteiger partial charge in [-0.3, -0.25) is 0 Å². The second-order valence-electron chi connectivity index (χ2n) is 6.02. The number of anilines is 1. The molecular formula is C21H24ClN3O4. The molecule has 3 rings (SSSR count). The van der Waals surface area contributed by atoms with E-state index >= 15 is 0 Å². The Morgan fingerprint density at radius 3 is 2.45 bits per heavy atom. The van der Waals surface area contributed by atoms with Crippen LogP contribution in [0.2, 0.25) is 0 Å². The van der Waals surface area contributed by atoms with E-state index in [1.807, 2.05) is 48.5 Å². The molecule has 0 spiro atoms. The molecule has 154 valence electrons. The first-order valence-corrected chi connectivity index (χ1v) is 8.87. The minimum Gasteiger partial charge on any atom is -0.497 e. The maximum atomic E-state index is 9.79. The fraction of sp³-hybridized carbons (Fsp3) is 0.238. The third-order valence-electron chi connectivity index (χ3n) is 4.14. The number of hydrogen-bond donors (Lipinski definition) is 2. The van der Waals surface area contributed by atoms with Crippen molar-refractivity contribution in [3.05, 3.63) is 65.7 Å². The highest BCUT2D eigenvalue weighted by Crippen LogP contribution is 2.22. The number of methoxy groups -OCH3 is 2. The molecule has 0 bridgehead atoms. The molecule has 1 heterocycles. The molecule has 1 aromatic heterocycles. The van der Waals surface area contributed by atoms with Crippen molar-refractivity contribution in [3.63, 3.8) is 0 Å². The van der Waals surface area contributed by atoms with Crippen LogP contribution in [0.3, 0.4) is 0 Å². The number of nitrogens with zero attached hydrogens (tertiary/aromatic N) is 2. The molecule has 0 aliphatic rings. The molecule has 3 aromatic rings. The molecule has 7 nitrogen and oxygen atoms in total. The highest BCUT2D eigenvalue weighted by Gasteiger charge is 2.07. The van der Waals surface area contributed by atoms with E-state index < -0.39 is 0 Å². The van der Waals surface area contributed by atoms with E-state index in [9.17, 15) is 5.11 Å². The smallest absolute Gasteiger partial charge is 0.319 e. The molecule has 0 unspecified atom stereocenters. The van der Waals surface area contributed by atoms with Gasteiger partial charge in [0.15, 0.2) is 0 Å². The summed E-state index contributed by atoms with van der Waals surface area (Å²) in [4.78, 5) is 7.91. The van der Waals surface area contributed by atoms with Crippen molar-refractivity contribution < 1.29 is 19.3 Å². The monoisotopic (exact) mass is 417 g/mol. The molecule has 2 N–H and O–H groups in total. The van der Waals surface area contributed by atoms with Gasteiger partial charge >= 0.3 is 6.01 Å². The molecule has 0 radical (unpaired) electrons. The number of aromatic hydroxyl groups is 1. The van der Waals surface area contributed by atoms with Gasteiger partial charge in [-0.2, -0.15) is 9.97 Å². The predicted molar refractivity (Wildman–Crippen MR) is 113 cm³/mol. The Labute approximate surface area is 176 Å². The molecule has 0 aliphatic carbocycles. The zero-order chi connectivity index (χ0) is 19.8. The van der Waals surface area contributed by atoms with Crippen LogP contribution in [0, 0.1) is 0 Å². The summed E-state index contributed by atoms with van der Waals surface area (Å²) in [5.41, 5.74) is 2.05. The largest absolute Gasteiger partial charge is 0.497 e. The van der Waals surface area contributed by atoms with Gasteiger partial charge in [-0.05, 0) is 30.2 Å². The molecule has 0 aliphatic heterocycles. The number of aromatic nitrogens is 2. The lowest BCUT2D eigenvalue weighted by atomic mass is 10.1. The van der Waals surface area contributed by atoms with Gasteiger partial charge in [0, 0.05) is 18.2 Å². The standard InChI is InChI=1S/C21H23N3O4.ClH/c1-26-17-9-7-15(8-10-17)11-12-22-19-13-20(24-21(25)23-19)28-14-16-5-3-4-6-18(16)27-2;/h3-10,13H,11-12,14H2,1-2H3,(H2,22,23,24,25);1H.